The lowest BCUT2D eigenvalue weighted by molar-refractivity contribution is -0.139. The average molecular weight is 444 g/mol. The summed E-state index contributed by atoms with van der Waals surface area (Å²) in [5.74, 6) is -0.116. The molecule has 1 fully saturated rings. The Morgan fingerprint density at radius 3 is 2.66 bits per heavy atom. The van der Waals surface area contributed by atoms with Gasteiger partial charge < -0.3 is 30.2 Å². The molecule has 0 aliphatic carbocycles. The van der Waals surface area contributed by atoms with E-state index in [1.165, 1.54) is 0 Å². The Bertz CT molecular complexity index is 1040. The lowest BCUT2D eigenvalue weighted by Gasteiger charge is -2.28. The number of hydrogen-bond acceptors (Lipinski definition) is 7. The van der Waals surface area contributed by atoms with Crippen LogP contribution < -0.4 is 25.4 Å². The molecule has 3 N–H and O–H groups in total. The number of carbonyl (C=O) groups is 4. The zero-order valence-corrected chi connectivity index (χ0v) is 17.9. The number of benzene rings is 1. The normalized spacial score (nSPS) is 24.7. The van der Waals surface area contributed by atoms with E-state index in [-0.39, 0.29) is 24.4 Å². The number of ether oxygens (including phenoxy) is 3. The molecule has 3 aliphatic heterocycles. The lowest BCUT2D eigenvalue weighted by Crippen LogP contribution is -2.52. The van der Waals surface area contributed by atoms with Gasteiger partial charge >= 0.3 is 18.0 Å². The van der Waals surface area contributed by atoms with Crippen molar-refractivity contribution in [2.45, 2.75) is 32.4 Å². The molecule has 2 unspecified atom stereocenters. The fourth-order valence-electron chi connectivity index (χ4n) is 3.95. The first-order chi connectivity index (χ1) is 15.2. The standard InChI is InChI=1S/C21H24N4O7/c1-4-30-17(26)16-11(2)22-19(28)23-13(16)10-25-18(27)21(3,24-20(25)29)12-5-6-14-15(9-12)32-8-7-31-14/h5-6,9,11H,4,7-8,10H2,1-3H3,(H,24,29)(H2,22,23,28). The Labute approximate surface area is 184 Å². The molecule has 1 aromatic carbocycles. The van der Waals surface area contributed by atoms with Crippen molar-refractivity contribution in [1.82, 2.24) is 20.9 Å². The van der Waals surface area contributed by atoms with Gasteiger partial charge in [0.25, 0.3) is 5.91 Å². The van der Waals surface area contributed by atoms with Crippen LogP contribution in [0.25, 0.3) is 0 Å². The first-order valence-corrected chi connectivity index (χ1v) is 10.3. The summed E-state index contributed by atoms with van der Waals surface area (Å²) in [5.41, 5.74) is -0.556. The van der Waals surface area contributed by atoms with Crippen molar-refractivity contribution >= 4 is 23.9 Å². The number of esters is 1. The third kappa shape index (κ3) is 3.59. The molecule has 0 aromatic heterocycles. The van der Waals surface area contributed by atoms with Crippen molar-refractivity contribution in [3.8, 4) is 11.5 Å². The summed E-state index contributed by atoms with van der Waals surface area (Å²) in [4.78, 5) is 51.5. The van der Waals surface area contributed by atoms with Crippen LogP contribution in [0.3, 0.4) is 0 Å². The predicted octanol–water partition coefficient (Wildman–Crippen LogP) is 0.743. The summed E-state index contributed by atoms with van der Waals surface area (Å²) in [5, 5.41) is 7.82. The van der Waals surface area contributed by atoms with E-state index in [4.69, 9.17) is 14.2 Å². The molecule has 2 atom stereocenters. The van der Waals surface area contributed by atoms with E-state index in [2.05, 4.69) is 16.0 Å². The molecule has 1 aromatic rings. The molecular formula is C21H24N4O7. The van der Waals surface area contributed by atoms with Crippen molar-refractivity contribution in [2.75, 3.05) is 26.4 Å². The number of amides is 5. The SMILES string of the molecule is CCOC(=O)C1=C(CN2C(=O)NC(C)(c3ccc4c(c3)OCCO4)C2=O)NC(=O)NC1C. The number of urea groups is 2. The van der Waals surface area contributed by atoms with Gasteiger partial charge in [0.15, 0.2) is 11.5 Å². The third-order valence-corrected chi connectivity index (χ3v) is 5.58. The minimum absolute atomic E-state index is 0.134. The van der Waals surface area contributed by atoms with Crippen molar-refractivity contribution in [2.24, 2.45) is 0 Å². The van der Waals surface area contributed by atoms with Crippen molar-refractivity contribution in [1.29, 1.82) is 0 Å². The molecule has 1 saturated heterocycles. The Hall–Kier alpha value is -3.76. The number of hydrogen-bond donors (Lipinski definition) is 3. The molecule has 3 aliphatic rings. The van der Waals surface area contributed by atoms with Gasteiger partial charge in [0.05, 0.1) is 30.5 Å². The van der Waals surface area contributed by atoms with Gasteiger partial charge in [0, 0.05) is 0 Å². The van der Waals surface area contributed by atoms with E-state index in [0.29, 0.717) is 30.3 Å². The van der Waals surface area contributed by atoms with Gasteiger partial charge in [-0.05, 0) is 38.5 Å². The monoisotopic (exact) mass is 444 g/mol. The first kappa shape index (κ1) is 21.5. The Balaban J connectivity index is 1.64. The number of rotatable bonds is 5. The minimum atomic E-state index is -1.36. The predicted molar refractivity (Wildman–Crippen MR) is 110 cm³/mol. The quantitative estimate of drug-likeness (QED) is 0.450. The van der Waals surface area contributed by atoms with Crippen LogP contribution in [0.5, 0.6) is 11.5 Å². The van der Waals surface area contributed by atoms with Gasteiger partial charge in [-0.1, -0.05) is 6.07 Å². The Morgan fingerprint density at radius 1 is 1.22 bits per heavy atom. The summed E-state index contributed by atoms with van der Waals surface area (Å²) in [6.45, 7) is 5.53. The molecule has 3 heterocycles. The Morgan fingerprint density at radius 2 is 1.94 bits per heavy atom. The van der Waals surface area contributed by atoms with Crippen LogP contribution in [0, 0.1) is 0 Å². The summed E-state index contributed by atoms with van der Waals surface area (Å²) in [7, 11) is 0. The molecule has 170 valence electrons. The van der Waals surface area contributed by atoms with E-state index in [1.54, 1.807) is 39.0 Å². The molecule has 11 heteroatoms. The van der Waals surface area contributed by atoms with Crippen LogP contribution in [0.15, 0.2) is 29.5 Å². The van der Waals surface area contributed by atoms with E-state index < -0.39 is 35.5 Å². The highest BCUT2D eigenvalue weighted by Gasteiger charge is 2.50. The fraction of sp³-hybridized carbons (Fsp3) is 0.429. The number of carbonyl (C=O) groups excluding carboxylic acids is 4. The highest BCUT2D eigenvalue weighted by Crippen LogP contribution is 2.37. The van der Waals surface area contributed by atoms with Crippen molar-refractivity contribution < 1.29 is 33.4 Å². The van der Waals surface area contributed by atoms with Crippen LogP contribution in [0.1, 0.15) is 26.3 Å². The summed E-state index contributed by atoms with van der Waals surface area (Å²) in [6, 6.07) is 3.20. The first-order valence-electron chi connectivity index (χ1n) is 10.3. The molecule has 0 radical (unpaired) electrons. The molecular weight excluding hydrogens is 420 g/mol. The summed E-state index contributed by atoms with van der Waals surface area (Å²) < 4.78 is 16.2. The van der Waals surface area contributed by atoms with Crippen LogP contribution in [0.2, 0.25) is 0 Å². The van der Waals surface area contributed by atoms with Crippen LogP contribution >= 0.6 is 0 Å². The number of nitrogens with zero attached hydrogens (tertiary/aromatic N) is 1. The number of imide groups is 1. The number of nitrogens with one attached hydrogen (secondary N) is 3. The Kier molecular flexibility index (Phi) is 5.41. The molecule has 32 heavy (non-hydrogen) atoms. The molecule has 11 nitrogen and oxygen atoms in total. The van der Waals surface area contributed by atoms with Crippen molar-refractivity contribution in [3.05, 3.63) is 35.0 Å². The lowest BCUT2D eigenvalue weighted by atomic mass is 9.91. The molecule has 0 saturated carbocycles. The van der Waals surface area contributed by atoms with E-state index in [0.717, 1.165) is 4.90 Å². The van der Waals surface area contributed by atoms with Crippen LogP contribution in [-0.2, 0) is 19.9 Å². The van der Waals surface area contributed by atoms with Gasteiger partial charge in [-0.3, -0.25) is 9.69 Å². The zero-order chi connectivity index (χ0) is 23.0. The maximum Gasteiger partial charge on any atom is 0.337 e. The zero-order valence-electron chi connectivity index (χ0n) is 17.9. The molecule has 5 amide bonds. The second-order valence-electron chi connectivity index (χ2n) is 7.74. The highest BCUT2D eigenvalue weighted by atomic mass is 16.6. The van der Waals surface area contributed by atoms with Crippen molar-refractivity contribution in [3.63, 3.8) is 0 Å². The maximum absolute atomic E-state index is 13.3. The van der Waals surface area contributed by atoms with Gasteiger partial charge in [0.1, 0.15) is 18.8 Å². The maximum atomic E-state index is 13.3. The minimum Gasteiger partial charge on any atom is -0.486 e. The smallest absolute Gasteiger partial charge is 0.337 e. The second kappa shape index (κ2) is 8.06. The van der Waals surface area contributed by atoms with Crippen LogP contribution in [-0.4, -0.2) is 61.2 Å². The average Bonchev–Trinajstić information content (AvgIpc) is 2.97. The molecule has 0 bridgehead atoms. The van der Waals surface area contributed by atoms with Gasteiger partial charge in [-0.25, -0.2) is 14.4 Å². The molecule has 0 spiro atoms. The van der Waals surface area contributed by atoms with E-state index in [9.17, 15) is 19.2 Å². The summed E-state index contributed by atoms with van der Waals surface area (Å²) >= 11 is 0. The number of fused-ring (bicyclic) bond motifs is 1. The second-order valence-corrected chi connectivity index (χ2v) is 7.74. The van der Waals surface area contributed by atoms with E-state index in [1.807, 2.05) is 0 Å². The highest BCUT2D eigenvalue weighted by molar-refractivity contribution is 6.07. The van der Waals surface area contributed by atoms with Gasteiger partial charge in [-0.2, -0.15) is 0 Å². The largest absolute Gasteiger partial charge is 0.486 e. The van der Waals surface area contributed by atoms with E-state index >= 15 is 0 Å². The third-order valence-electron chi connectivity index (χ3n) is 5.58. The fourth-order valence-corrected chi connectivity index (χ4v) is 3.95. The van der Waals surface area contributed by atoms with Gasteiger partial charge in [0.2, 0.25) is 0 Å². The van der Waals surface area contributed by atoms with Gasteiger partial charge in [-0.15, -0.1) is 0 Å². The van der Waals surface area contributed by atoms with Crippen LogP contribution in [0.4, 0.5) is 9.59 Å². The molecule has 4 rings (SSSR count). The topological polar surface area (TPSA) is 135 Å². The summed E-state index contributed by atoms with van der Waals surface area (Å²) in [6.07, 6.45) is 0.